The minimum absolute atomic E-state index is 0.253. The predicted octanol–water partition coefficient (Wildman–Crippen LogP) is 4.59. The van der Waals surface area contributed by atoms with Crippen molar-refractivity contribution >= 4 is 15.8 Å². The van der Waals surface area contributed by atoms with Crippen molar-refractivity contribution in [1.82, 2.24) is 5.32 Å². The SMILES string of the molecule is O=S(=O)(Oc1ccc(N2CCNCC2CCC2CCCc3ccccc32)cc1)C(F)(F)F. The van der Waals surface area contributed by atoms with Crippen molar-refractivity contribution in [2.75, 3.05) is 24.5 Å². The zero-order valence-corrected chi connectivity index (χ0v) is 18.5. The van der Waals surface area contributed by atoms with Crippen LogP contribution >= 0.6 is 0 Å². The number of nitrogens with zero attached hydrogens (tertiary/aromatic N) is 1. The normalized spacial score (nSPS) is 21.8. The molecule has 5 nitrogen and oxygen atoms in total. The molecule has 1 saturated heterocycles. The van der Waals surface area contributed by atoms with Gasteiger partial charge in [-0.15, -0.1) is 0 Å². The van der Waals surface area contributed by atoms with Gasteiger partial charge in [0.05, 0.1) is 0 Å². The number of hydrogen-bond donors (Lipinski definition) is 1. The van der Waals surface area contributed by atoms with Gasteiger partial charge in [-0.2, -0.15) is 21.6 Å². The van der Waals surface area contributed by atoms with E-state index in [1.54, 1.807) is 12.1 Å². The van der Waals surface area contributed by atoms with Crippen LogP contribution in [0.25, 0.3) is 0 Å². The summed E-state index contributed by atoms with van der Waals surface area (Å²) in [5.74, 6) is 0.198. The van der Waals surface area contributed by atoms with Gasteiger partial charge in [0, 0.05) is 31.4 Å². The first-order valence-corrected chi connectivity index (χ1v) is 12.3. The molecule has 1 heterocycles. The van der Waals surface area contributed by atoms with E-state index in [0.717, 1.165) is 44.6 Å². The molecule has 0 spiro atoms. The number of aryl methyl sites for hydroxylation is 1. The van der Waals surface area contributed by atoms with Gasteiger partial charge in [-0.05, 0) is 73.4 Å². The number of fused-ring (bicyclic) bond motifs is 1. The monoisotopic (exact) mass is 468 g/mol. The van der Waals surface area contributed by atoms with Gasteiger partial charge in [0.1, 0.15) is 5.75 Å². The molecule has 1 aliphatic heterocycles. The highest BCUT2D eigenvalue weighted by Crippen LogP contribution is 2.36. The standard InChI is InChI=1S/C23H27F3N2O3S/c24-23(25,26)32(29,30)31-21-12-10-19(11-13-21)28-15-14-27-16-20(28)9-8-18-6-3-5-17-4-1-2-7-22(17)18/h1-2,4,7,10-13,18,20,27H,3,5-6,8-9,14-16H2. The summed E-state index contributed by atoms with van der Waals surface area (Å²) in [6.07, 6.45) is 5.60. The third kappa shape index (κ3) is 5.04. The molecule has 2 aromatic carbocycles. The summed E-state index contributed by atoms with van der Waals surface area (Å²) in [5, 5.41) is 3.43. The maximum atomic E-state index is 12.5. The fourth-order valence-electron chi connectivity index (χ4n) is 4.77. The minimum atomic E-state index is -5.67. The second kappa shape index (κ2) is 9.31. The average molecular weight is 469 g/mol. The second-order valence-electron chi connectivity index (χ2n) is 8.39. The topological polar surface area (TPSA) is 58.6 Å². The highest BCUT2D eigenvalue weighted by molar-refractivity contribution is 7.88. The first-order chi connectivity index (χ1) is 15.2. The number of rotatable bonds is 6. The molecular weight excluding hydrogens is 441 g/mol. The Bertz CT molecular complexity index is 1030. The van der Waals surface area contributed by atoms with Gasteiger partial charge in [0.2, 0.25) is 0 Å². The Morgan fingerprint density at radius 1 is 1.06 bits per heavy atom. The highest BCUT2D eigenvalue weighted by Gasteiger charge is 2.48. The van der Waals surface area contributed by atoms with Crippen LogP contribution in [0.4, 0.5) is 18.9 Å². The summed E-state index contributed by atoms with van der Waals surface area (Å²) >= 11 is 0. The van der Waals surface area contributed by atoms with Crippen molar-refractivity contribution in [1.29, 1.82) is 0 Å². The Balaban J connectivity index is 1.43. The van der Waals surface area contributed by atoms with Crippen molar-refractivity contribution in [2.24, 2.45) is 0 Å². The van der Waals surface area contributed by atoms with Gasteiger partial charge >= 0.3 is 15.6 Å². The molecule has 0 amide bonds. The number of alkyl halides is 3. The molecule has 0 aromatic heterocycles. The molecule has 174 valence electrons. The first kappa shape index (κ1) is 22.9. The lowest BCUT2D eigenvalue weighted by molar-refractivity contribution is -0.0500. The Hall–Kier alpha value is -2.26. The van der Waals surface area contributed by atoms with Crippen LogP contribution in [0.15, 0.2) is 48.5 Å². The zero-order valence-electron chi connectivity index (χ0n) is 17.6. The number of benzene rings is 2. The van der Waals surface area contributed by atoms with E-state index in [1.807, 2.05) is 0 Å². The maximum Gasteiger partial charge on any atom is 0.534 e. The van der Waals surface area contributed by atoms with E-state index >= 15 is 0 Å². The Morgan fingerprint density at radius 3 is 2.56 bits per heavy atom. The number of piperazine rings is 1. The zero-order chi connectivity index (χ0) is 22.8. The van der Waals surface area contributed by atoms with E-state index in [1.165, 1.54) is 36.1 Å². The number of anilines is 1. The lowest BCUT2D eigenvalue weighted by Crippen LogP contribution is -2.51. The summed E-state index contributed by atoms with van der Waals surface area (Å²) in [4.78, 5) is 2.24. The van der Waals surface area contributed by atoms with Gasteiger partial charge in [0.25, 0.3) is 0 Å². The van der Waals surface area contributed by atoms with Crippen molar-refractivity contribution in [3.63, 3.8) is 0 Å². The van der Waals surface area contributed by atoms with Crippen LogP contribution in [0.5, 0.6) is 5.75 Å². The van der Waals surface area contributed by atoms with E-state index in [9.17, 15) is 21.6 Å². The molecule has 0 radical (unpaired) electrons. The van der Waals surface area contributed by atoms with Crippen molar-refractivity contribution in [2.45, 2.75) is 49.6 Å². The molecule has 4 rings (SSSR count). The fraction of sp³-hybridized carbons (Fsp3) is 0.478. The fourth-order valence-corrected chi connectivity index (χ4v) is 5.23. The molecule has 9 heteroatoms. The van der Waals surface area contributed by atoms with Crippen LogP contribution in [0.3, 0.4) is 0 Å². The summed E-state index contributed by atoms with van der Waals surface area (Å²) in [7, 11) is -5.67. The van der Waals surface area contributed by atoms with Gasteiger partial charge < -0.3 is 14.4 Å². The molecule has 2 atom stereocenters. The molecule has 1 aliphatic carbocycles. The van der Waals surface area contributed by atoms with Gasteiger partial charge in [-0.25, -0.2) is 0 Å². The van der Waals surface area contributed by atoms with Crippen LogP contribution in [-0.2, 0) is 16.5 Å². The smallest absolute Gasteiger partial charge is 0.376 e. The summed E-state index contributed by atoms with van der Waals surface area (Å²) < 4.78 is 64.3. The Morgan fingerprint density at radius 2 is 1.81 bits per heavy atom. The van der Waals surface area contributed by atoms with Crippen LogP contribution in [0.1, 0.15) is 42.7 Å². The number of nitrogens with one attached hydrogen (secondary N) is 1. The quantitative estimate of drug-likeness (QED) is 0.496. The van der Waals surface area contributed by atoms with Crippen molar-refractivity contribution in [3.8, 4) is 5.75 Å². The molecule has 32 heavy (non-hydrogen) atoms. The van der Waals surface area contributed by atoms with Crippen molar-refractivity contribution < 1.29 is 25.8 Å². The number of hydrogen-bond acceptors (Lipinski definition) is 5. The summed E-state index contributed by atoms with van der Waals surface area (Å²) in [5.41, 5.74) is -1.70. The molecule has 1 N–H and O–H groups in total. The molecule has 2 aliphatic rings. The molecule has 2 unspecified atom stereocenters. The molecule has 2 aromatic rings. The second-order valence-corrected chi connectivity index (χ2v) is 9.93. The maximum absolute atomic E-state index is 12.5. The minimum Gasteiger partial charge on any atom is -0.376 e. The van der Waals surface area contributed by atoms with Crippen LogP contribution in [0, 0.1) is 0 Å². The van der Waals surface area contributed by atoms with Gasteiger partial charge in [0.15, 0.2) is 0 Å². The summed E-state index contributed by atoms with van der Waals surface area (Å²) in [6.45, 7) is 2.41. The van der Waals surface area contributed by atoms with E-state index in [2.05, 4.69) is 38.7 Å². The van der Waals surface area contributed by atoms with E-state index in [-0.39, 0.29) is 11.8 Å². The van der Waals surface area contributed by atoms with E-state index < -0.39 is 15.6 Å². The first-order valence-electron chi connectivity index (χ1n) is 10.9. The summed E-state index contributed by atoms with van der Waals surface area (Å²) in [6, 6.07) is 14.7. The third-order valence-corrected chi connectivity index (χ3v) is 7.33. The third-order valence-electron chi connectivity index (χ3n) is 6.35. The lowest BCUT2D eigenvalue weighted by Gasteiger charge is -2.39. The highest BCUT2D eigenvalue weighted by atomic mass is 32.2. The number of halogens is 3. The van der Waals surface area contributed by atoms with Gasteiger partial charge in [-0.3, -0.25) is 0 Å². The van der Waals surface area contributed by atoms with Gasteiger partial charge in [-0.1, -0.05) is 24.3 Å². The largest absolute Gasteiger partial charge is 0.534 e. The molecular formula is C23H27F3N2O3S. The van der Waals surface area contributed by atoms with Crippen LogP contribution in [0.2, 0.25) is 0 Å². The Labute approximate surface area is 186 Å². The van der Waals surface area contributed by atoms with Crippen LogP contribution in [-0.4, -0.2) is 39.6 Å². The molecule has 0 saturated carbocycles. The average Bonchev–Trinajstić information content (AvgIpc) is 2.77. The van der Waals surface area contributed by atoms with E-state index in [4.69, 9.17) is 0 Å². The Kier molecular flexibility index (Phi) is 6.67. The predicted molar refractivity (Wildman–Crippen MR) is 117 cm³/mol. The van der Waals surface area contributed by atoms with Crippen LogP contribution < -0.4 is 14.4 Å². The lowest BCUT2D eigenvalue weighted by atomic mass is 9.80. The van der Waals surface area contributed by atoms with Crippen molar-refractivity contribution in [3.05, 3.63) is 59.7 Å². The van der Waals surface area contributed by atoms with E-state index in [0.29, 0.717) is 5.92 Å². The molecule has 1 fully saturated rings. The molecule has 0 bridgehead atoms.